The van der Waals surface area contributed by atoms with E-state index in [4.69, 9.17) is 0 Å². The molecule has 0 saturated carbocycles. The lowest BCUT2D eigenvalue weighted by molar-refractivity contribution is -0.108. The van der Waals surface area contributed by atoms with E-state index in [-0.39, 0.29) is 5.92 Å². The minimum atomic E-state index is -0.0174. The van der Waals surface area contributed by atoms with Gasteiger partial charge >= 0.3 is 0 Å². The molecule has 0 saturated heterocycles. The number of carbonyl (C=O) groups is 1. The Balaban J connectivity index is 2.87. The largest absolute Gasteiger partial charge is 0.331 e. The van der Waals surface area contributed by atoms with Gasteiger partial charge in [0.2, 0.25) is 0 Å². The molecule has 0 spiro atoms. The van der Waals surface area contributed by atoms with E-state index in [0.29, 0.717) is 0 Å². The van der Waals surface area contributed by atoms with Crippen LogP contribution >= 0.6 is 0 Å². The van der Waals surface area contributed by atoms with E-state index in [2.05, 4.69) is 6.58 Å². The first kappa shape index (κ1) is 7.79. The molecule has 1 aromatic rings. The average Bonchev–Trinajstić information content (AvgIpc) is 2.50. The molecule has 1 unspecified atom stereocenters. The molecule has 0 aliphatic carbocycles. The van der Waals surface area contributed by atoms with Crippen LogP contribution in [0.5, 0.6) is 0 Å². The van der Waals surface area contributed by atoms with E-state index in [1.807, 2.05) is 30.0 Å². The van der Waals surface area contributed by atoms with Crippen LogP contribution < -0.4 is 0 Å². The zero-order chi connectivity index (χ0) is 8.27. The second kappa shape index (κ2) is 3.19. The van der Waals surface area contributed by atoms with Gasteiger partial charge in [-0.3, -0.25) is 0 Å². The molecule has 0 bridgehead atoms. The summed E-state index contributed by atoms with van der Waals surface area (Å²) in [6.45, 7) is 5.47. The summed E-state index contributed by atoms with van der Waals surface area (Å²) >= 11 is 0. The topological polar surface area (TPSA) is 22.0 Å². The molecule has 58 valence electrons. The Bertz CT molecular complexity index is 262. The van der Waals surface area contributed by atoms with E-state index >= 15 is 0 Å². The van der Waals surface area contributed by atoms with Crippen LogP contribution in [0.4, 0.5) is 0 Å². The fourth-order valence-corrected chi connectivity index (χ4v) is 0.892. The molecule has 1 atom stereocenters. The van der Waals surface area contributed by atoms with Crippen molar-refractivity contribution in [3.8, 4) is 0 Å². The lowest BCUT2D eigenvalue weighted by Gasteiger charge is -1.96. The van der Waals surface area contributed by atoms with Crippen LogP contribution in [-0.4, -0.2) is 10.9 Å². The summed E-state index contributed by atoms with van der Waals surface area (Å²) in [7, 11) is 0. The number of rotatable bonds is 3. The molecule has 1 rings (SSSR count). The minimum Gasteiger partial charge on any atom is -0.331 e. The third-order valence-corrected chi connectivity index (χ3v) is 1.68. The highest BCUT2D eigenvalue weighted by atomic mass is 16.1. The van der Waals surface area contributed by atoms with Crippen molar-refractivity contribution in [1.82, 2.24) is 4.57 Å². The predicted octanol–water partition coefficient (Wildman–Crippen LogP) is 1.89. The van der Waals surface area contributed by atoms with E-state index in [1.165, 1.54) is 0 Å². The Morgan fingerprint density at radius 3 is 2.91 bits per heavy atom. The van der Waals surface area contributed by atoms with Crippen molar-refractivity contribution in [1.29, 1.82) is 0 Å². The van der Waals surface area contributed by atoms with Crippen molar-refractivity contribution in [2.75, 3.05) is 0 Å². The third kappa shape index (κ3) is 1.58. The van der Waals surface area contributed by atoms with Crippen LogP contribution in [0.1, 0.15) is 18.4 Å². The Kier molecular flexibility index (Phi) is 2.26. The van der Waals surface area contributed by atoms with Gasteiger partial charge in [0.05, 0.1) is 0 Å². The van der Waals surface area contributed by atoms with Crippen LogP contribution in [0.2, 0.25) is 0 Å². The molecule has 2 heteroatoms. The van der Waals surface area contributed by atoms with Gasteiger partial charge in [0.1, 0.15) is 6.29 Å². The van der Waals surface area contributed by atoms with Crippen LogP contribution in [0.15, 0.2) is 25.0 Å². The van der Waals surface area contributed by atoms with Gasteiger partial charge in [-0.05, 0) is 11.6 Å². The van der Waals surface area contributed by atoms with Gasteiger partial charge in [0, 0.05) is 24.5 Å². The standard InChI is InChI=1S/C9H11NO/c1-3-10-5-4-9(6-10)8(2)7-11/h3-8H,1H2,2H3. The predicted molar refractivity (Wildman–Crippen MR) is 45.3 cm³/mol. The van der Waals surface area contributed by atoms with Gasteiger partial charge in [0.25, 0.3) is 0 Å². The van der Waals surface area contributed by atoms with E-state index in [0.717, 1.165) is 11.8 Å². The zero-order valence-corrected chi connectivity index (χ0v) is 6.53. The van der Waals surface area contributed by atoms with E-state index in [9.17, 15) is 4.79 Å². The summed E-state index contributed by atoms with van der Waals surface area (Å²) in [6, 6.07) is 1.92. The molecule has 0 aliphatic heterocycles. The second-order valence-corrected chi connectivity index (χ2v) is 2.50. The molecule has 0 aliphatic rings. The van der Waals surface area contributed by atoms with Crippen molar-refractivity contribution in [2.24, 2.45) is 0 Å². The Morgan fingerprint density at radius 1 is 1.73 bits per heavy atom. The first-order valence-electron chi connectivity index (χ1n) is 3.53. The molecule has 1 heterocycles. The van der Waals surface area contributed by atoms with Gasteiger partial charge in [0.15, 0.2) is 0 Å². The Labute approximate surface area is 66.1 Å². The van der Waals surface area contributed by atoms with Gasteiger partial charge in [-0.25, -0.2) is 0 Å². The molecule has 0 N–H and O–H groups in total. The molecule has 0 fully saturated rings. The monoisotopic (exact) mass is 149 g/mol. The fraction of sp³-hybridized carbons (Fsp3) is 0.222. The molecule has 2 nitrogen and oxygen atoms in total. The number of aromatic nitrogens is 1. The van der Waals surface area contributed by atoms with Crippen LogP contribution in [0.3, 0.4) is 0 Å². The zero-order valence-electron chi connectivity index (χ0n) is 6.53. The van der Waals surface area contributed by atoms with Crippen LogP contribution in [0.25, 0.3) is 6.20 Å². The van der Waals surface area contributed by atoms with Crippen LogP contribution in [-0.2, 0) is 4.79 Å². The van der Waals surface area contributed by atoms with Gasteiger partial charge in [-0.15, -0.1) is 0 Å². The van der Waals surface area contributed by atoms with Crippen molar-refractivity contribution >= 4 is 12.5 Å². The molecular formula is C9H11NO. The summed E-state index contributed by atoms with van der Waals surface area (Å²) in [5.74, 6) is -0.0174. The molecule has 0 aromatic carbocycles. The van der Waals surface area contributed by atoms with Crippen molar-refractivity contribution in [2.45, 2.75) is 12.8 Å². The molecule has 0 amide bonds. The quantitative estimate of drug-likeness (QED) is 0.601. The summed E-state index contributed by atoms with van der Waals surface area (Å²) in [4.78, 5) is 10.4. The summed E-state index contributed by atoms with van der Waals surface area (Å²) < 4.78 is 1.83. The number of hydrogen-bond acceptors (Lipinski definition) is 1. The molecule has 0 radical (unpaired) electrons. The Morgan fingerprint density at radius 2 is 2.45 bits per heavy atom. The summed E-state index contributed by atoms with van der Waals surface area (Å²) in [5, 5.41) is 0. The highest BCUT2D eigenvalue weighted by molar-refractivity contribution is 5.61. The fourth-order valence-electron chi connectivity index (χ4n) is 0.892. The molecule has 1 aromatic heterocycles. The normalized spacial score (nSPS) is 12.5. The van der Waals surface area contributed by atoms with Crippen molar-refractivity contribution in [3.05, 3.63) is 30.6 Å². The Hall–Kier alpha value is -1.31. The van der Waals surface area contributed by atoms with Gasteiger partial charge in [-0.1, -0.05) is 13.5 Å². The van der Waals surface area contributed by atoms with Crippen molar-refractivity contribution < 1.29 is 4.79 Å². The van der Waals surface area contributed by atoms with Gasteiger partial charge < -0.3 is 9.36 Å². The van der Waals surface area contributed by atoms with Gasteiger partial charge in [-0.2, -0.15) is 0 Å². The molecular weight excluding hydrogens is 138 g/mol. The maximum absolute atomic E-state index is 10.4. The van der Waals surface area contributed by atoms with Crippen molar-refractivity contribution in [3.63, 3.8) is 0 Å². The third-order valence-electron chi connectivity index (χ3n) is 1.68. The smallest absolute Gasteiger partial charge is 0.127 e. The lowest BCUT2D eigenvalue weighted by Crippen LogP contribution is -1.91. The van der Waals surface area contributed by atoms with E-state index in [1.54, 1.807) is 6.20 Å². The minimum absolute atomic E-state index is 0.0174. The highest BCUT2D eigenvalue weighted by Gasteiger charge is 2.03. The lowest BCUT2D eigenvalue weighted by atomic mass is 10.1. The first-order chi connectivity index (χ1) is 5.27. The number of nitrogens with zero attached hydrogens (tertiary/aromatic N) is 1. The number of hydrogen-bond donors (Lipinski definition) is 0. The van der Waals surface area contributed by atoms with E-state index < -0.39 is 0 Å². The number of carbonyl (C=O) groups excluding carboxylic acids is 1. The average molecular weight is 149 g/mol. The first-order valence-corrected chi connectivity index (χ1v) is 3.53. The van der Waals surface area contributed by atoms with Crippen LogP contribution in [0, 0.1) is 0 Å². The maximum atomic E-state index is 10.4. The summed E-state index contributed by atoms with van der Waals surface area (Å²) in [5.41, 5.74) is 1.03. The SMILES string of the molecule is C=Cn1ccc(C(C)C=O)c1. The summed E-state index contributed by atoms with van der Waals surface area (Å²) in [6.07, 6.45) is 6.40. The second-order valence-electron chi connectivity index (χ2n) is 2.50. The maximum Gasteiger partial charge on any atom is 0.127 e. The molecule has 11 heavy (non-hydrogen) atoms. The number of aldehydes is 1. The highest BCUT2D eigenvalue weighted by Crippen LogP contribution is 2.12.